The van der Waals surface area contributed by atoms with Gasteiger partial charge in [0.15, 0.2) is 11.5 Å². The summed E-state index contributed by atoms with van der Waals surface area (Å²) in [5.74, 6) is 0.195. The van der Waals surface area contributed by atoms with Crippen LogP contribution < -0.4 is 0 Å². The summed E-state index contributed by atoms with van der Waals surface area (Å²) in [5.41, 5.74) is 0.508. The van der Waals surface area contributed by atoms with Crippen LogP contribution in [0, 0.1) is 5.92 Å². The first kappa shape index (κ1) is 17.2. The van der Waals surface area contributed by atoms with Gasteiger partial charge in [0.1, 0.15) is 0 Å². The molecule has 0 atom stereocenters. The Hall–Kier alpha value is -1.68. The molecule has 1 saturated heterocycles. The molecule has 3 rings (SSSR count). The van der Waals surface area contributed by atoms with Gasteiger partial charge >= 0.3 is 0 Å². The van der Waals surface area contributed by atoms with Crippen LogP contribution in [0.15, 0.2) is 60.7 Å². The van der Waals surface area contributed by atoms with Crippen LogP contribution in [0.25, 0.3) is 0 Å². The first-order chi connectivity index (χ1) is 11.7. The van der Waals surface area contributed by atoms with Gasteiger partial charge in [0.2, 0.25) is 0 Å². The average Bonchev–Trinajstić information content (AvgIpc) is 2.68. The second-order valence-corrected chi connectivity index (χ2v) is 6.53. The molecule has 0 spiro atoms. The Labute approximate surface area is 147 Å². The van der Waals surface area contributed by atoms with E-state index in [1.807, 2.05) is 60.7 Å². The number of rotatable bonds is 5. The normalized spacial score (nSPS) is 16.9. The summed E-state index contributed by atoms with van der Waals surface area (Å²) in [5, 5.41) is 11.7. The minimum atomic E-state index is -1.18. The van der Waals surface area contributed by atoms with E-state index in [0.29, 0.717) is 13.1 Å². The Kier molecular flexibility index (Phi) is 5.34. The molecule has 2 aromatic carbocycles. The summed E-state index contributed by atoms with van der Waals surface area (Å²) >= 11 is 5.69. The fraction of sp³-hybridized carbons (Fsp3) is 0.350. The summed E-state index contributed by atoms with van der Waals surface area (Å²) in [6.07, 6.45) is 1.46. The predicted octanol–water partition coefficient (Wildman–Crippen LogP) is 3.40. The highest BCUT2D eigenvalue weighted by Crippen LogP contribution is 2.36. The second kappa shape index (κ2) is 7.47. The zero-order chi connectivity index (χ0) is 17.0. The van der Waals surface area contributed by atoms with Crippen molar-refractivity contribution >= 4 is 17.4 Å². The Bertz CT molecular complexity index is 627. The Morgan fingerprint density at radius 3 is 1.88 bits per heavy atom. The lowest BCUT2D eigenvalue weighted by atomic mass is 9.87. The van der Waals surface area contributed by atoms with Gasteiger partial charge in [-0.2, -0.15) is 0 Å². The van der Waals surface area contributed by atoms with Crippen molar-refractivity contribution in [2.45, 2.75) is 18.6 Å². The molecule has 4 heteroatoms. The second-order valence-electron chi connectivity index (χ2n) is 6.27. The van der Waals surface area contributed by atoms with E-state index in [9.17, 15) is 9.90 Å². The van der Waals surface area contributed by atoms with E-state index < -0.39 is 5.72 Å². The number of ketones is 1. The molecule has 0 radical (unpaired) electrons. The summed E-state index contributed by atoms with van der Waals surface area (Å²) in [6.45, 7) is 1.32. The van der Waals surface area contributed by atoms with Gasteiger partial charge in [0.05, 0.1) is 5.88 Å². The largest absolute Gasteiger partial charge is 0.367 e. The maximum atomic E-state index is 11.9. The number of nitrogens with zero attached hydrogens (tertiary/aromatic N) is 1. The standard InChI is InChI=1S/C20H22ClNO2/c21-15-19(23)16-11-13-22(14-12-16)20(24,17-7-3-1-4-8-17)18-9-5-2-6-10-18/h1-10,16,24H,11-15H2. The van der Waals surface area contributed by atoms with Gasteiger partial charge in [-0.1, -0.05) is 60.7 Å². The van der Waals surface area contributed by atoms with Crippen LogP contribution in [0.3, 0.4) is 0 Å². The third-order valence-corrected chi connectivity index (χ3v) is 5.16. The van der Waals surface area contributed by atoms with Crippen LogP contribution in [0.1, 0.15) is 24.0 Å². The van der Waals surface area contributed by atoms with E-state index >= 15 is 0 Å². The van der Waals surface area contributed by atoms with E-state index in [0.717, 1.165) is 24.0 Å². The van der Waals surface area contributed by atoms with Crippen LogP contribution in [0.2, 0.25) is 0 Å². The van der Waals surface area contributed by atoms with Crippen molar-refractivity contribution in [2.24, 2.45) is 5.92 Å². The van der Waals surface area contributed by atoms with Crippen molar-refractivity contribution in [1.29, 1.82) is 0 Å². The number of piperidine rings is 1. The molecule has 1 fully saturated rings. The van der Waals surface area contributed by atoms with Crippen LogP contribution in [-0.2, 0) is 10.5 Å². The number of hydrogen-bond donors (Lipinski definition) is 1. The van der Waals surface area contributed by atoms with E-state index in [-0.39, 0.29) is 17.6 Å². The minimum absolute atomic E-state index is 0.00884. The predicted molar refractivity (Wildman–Crippen MR) is 95.9 cm³/mol. The number of carbonyl (C=O) groups excluding carboxylic acids is 1. The van der Waals surface area contributed by atoms with Crippen LogP contribution in [0.4, 0.5) is 0 Å². The highest BCUT2D eigenvalue weighted by molar-refractivity contribution is 6.27. The number of alkyl halides is 1. The van der Waals surface area contributed by atoms with E-state index in [1.165, 1.54) is 0 Å². The summed E-state index contributed by atoms with van der Waals surface area (Å²) in [7, 11) is 0. The molecule has 1 heterocycles. The van der Waals surface area contributed by atoms with Gasteiger partial charge in [-0.3, -0.25) is 9.69 Å². The molecule has 0 bridgehead atoms. The molecular formula is C20H22ClNO2. The van der Waals surface area contributed by atoms with Crippen molar-refractivity contribution in [3.63, 3.8) is 0 Å². The molecular weight excluding hydrogens is 322 g/mol. The molecule has 1 N–H and O–H groups in total. The maximum Gasteiger partial charge on any atom is 0.171 e. The smallest absolute Gasteiger partial charge is 0.171 e. The van der Waals surface area contributed by atoms with Crippen LogP contribution in [0.5, 0.6) is 0 Å². The first-order valence-corrected chi connectivity index (χ1v) is 8.87. The molecule has 1 aliphatic heterocycles. The molecule has 2 aromatic rings. The van der Waals surface area contributed by atoms with Gasteiger partial charge in [-0.05, 0) is 12.8 Å². The number of aliphatic hydroxyl groups is 1. The van der Waals surface area contributed by atoms with Gasteiger partial charge in [0, 0.05) is 30.1 Å². The van der Waals surface area contributed by atoms with Gasteiger partial charge in [0.25, 0.3) is 0 Å². The number of carbonyl (C=O) groups is 1. The van der Waals surface area contributed by atoms with Crippen LogP contribution in [-0.4, -0.2) is 34.8 Å². The third kappa shape index (κ3) is 3.25. The van der Waals surface area contributed by atoms with Crippen molar-refractivity contribution in [3.05, 3.63) is 71.8 Å². The van der Waals surface area contributed by atoms with E-state index in [1.54, 1.807) is 0 Å². The molecule has 1 aliphatic rings. The Morgan fingerprint density at radius 1 is 1.00 bits per heavy atom. The number of benzene rings is 2. The van der Waals surface area contributed by atoms with Crippen molar-refractivity contribution < 1.29 is 9.90 Å². The first-order valence-electron chi connectivity index (χ1n) is 8.33. The van der Waals surface area contributed by atoms with Gasteiger partial charge < -0.3 is 5.11 Å². The summed E-state index contributed by atoms with van der Waals surface area (Å²) < 4.78 is 0. The van der Waals surface area contributed by atoms with E-state index in [4.69, 9.17) is 11.6 Å². The maximum absolute atomic E-state index is 11.9. The fourth-order valence-electron chi connectivity index (χ4n) is 3.51. The molecule has 0 unspecified atom stereocenters. The summed E-state index contributed by atoms with van der Waals surface area (Å²) in [4.78, 5) is 13.9. The number of halogens is 1. The topological polar surface area (TPSA) is 40.5 Å². The Morgan fingerprint density at radius 2 is 1.46 bits per heavy atom. The monoisotopic (exact) mass is 343 g/mol. The number of Topliss-reactive ketones (excluding diaryl/α,β-unsaturated/α-hetero) is 1. The van der Waals surface area contributed by atoms with E-state index in [2.05, 4.69) is 4.90 Å². The van der Waals surface area contributed by atoms with Crippen molar-refractivity contribution in [3.8, 4) is 0 Å². The SMILES string of the molecule is O=C(CCl)C1CCN(C(O)(c2ccccc2)c2ccccc2)CC1. The molecule has 0 saturated carbocycles. The number of hydrogen-bond acceptors (Lipinski definition) is 3. The van der Waals surface area contributed by atoms with Gasteiger partial charge in [-0.25, -0.2) is 0 Å². The zero-order valence-electron chi connectivity index (χ0n) is 13.6. The van der Waals surface area contributed by atoms with Crippen molar-refractivity contribution in [2.75, 3.05) is 19.0 Å². The molecule has 24 heavy (non-hydrogen) atoms. The third-order valence-electron chi connectivity index (χ3n) is 4.89. The Balaban J connectivity index is 1.91. The quantitative estimate of drug-likeness (QED) is 0.846. The average molecular weight is 344 g/mol. The highest BCUT2D eigenvalue weighted by atomic mass is 35.5. The van der Waals surface area contributed by atoms with Crippen molar-refractivity contribution in [1.82, 2.24) is 4.90 Å². The lowest BCUT2D eigenvalue weighted by Crippen LogP contribution is -2.51. The highest BCUT2D eigenvalue weighted by Gasteiger charge is 2.40. The summed E-state index contributed by atoms with van der Waals surface area (Å²) in [6, 6.07) is 19.4. The molecule has 3 nitrogen and oxygen atoms in total. The molecule has 0 amide bonds. The lowest BCUT2D eigenvalue weighted by molar-refractivity contribution is -0.127. The molecule has 0 aromatic heterocycles. The molecule has 126 valence electrons. The zero-order valence-corrected chi connectivity index (χ0v) is 14.3. The van der Waals surface area contributed by atoms with Gasteiger partial charge in [-0.15, -0.1) is 11.6 Å². The van der Waals surface area contributed by atoms with Crippen LogP contribution >= 0.6 is 11.6 Å². The lowest BCUT2D eigenvalue weighted by Gasteiger charge is -2.44. The number of likely N-dealkylation sites (tertiary alicyclic amines) is 1. The molecule has 0 aliphatic carbocycles. The fourth-order valence-corrected chi connectivity index (χ4v) is 3.73. The minimum Gasteiger partial charge on any atom is -0.367 e.